The second-order valence-corrected chi connectivity index (χ2v) is 6.03. The Balaban J connectivity index is 4.27. The van der Waals surface area contributed by atoms with Gasteiger partial charge in [-0.15, -0.1) is 0 Å². The van der Waals surface area contributed by atoms with E-state index >= 15 is 0 Å². The number of hydrogen-bond acceptors (Lipinski definition) is 4. The second-order valence-electron chi connectivity index (χ2n) is 6.03. The molecule has 0 spiro atoms. The monoisotopic (exact) mass is 344 g/mol. The minimum atomic E-state index is -0.932. The van der Waals surface area contributed by atoms with E-state index in [1.807, 2.05) is 6.92 Å². The molecule has 0 fully saturated rings. The Morgan fingerprint density at radius 1 is 0.958 bits per heavy atom. The number of rotatable bonds is 15. The highest BCUT2D eigenvalue weighted by Crippen LogP contribution is 2.15. The summed E-state index contributed by atoms with van der Waals surface area (Å²) < 4.78 is 16.4. The summed E-state index contributed by atoms with van der Waals surface area (Å²) in [7, 11) is 0. The number of carboxylic acids is 1. The Kier molecular flexibility index (Phi) is 13.9. The van der Waals surface area contributed by atoms with Crippen molar-refractivity contribution in [3.8, 4) is 0 Å². The average Bonchev–Trinajstić information content (AvgIpc) is 2.49. The van der Waals surface area contributed by atoms with Gasteiger partial charge in [0, 0.05) is 6.61 Å². The normalized spacial score (nSPS) is 16.0. The molecule has 0 heterocycles. The van der Waals surface area contributed by atoms with Gasteiger partial charge in [0.05, 0.1) is 11.7 Å². The molecule has 0 aromatic carbocycles. The van der Waals surface area contributed by atoms with Gasteiger partial charge in [0.2, 0.25) is 0 Å². The summed E-state index contributed by atoms with van der Waals surface area (Å²) in [5.74, 6) is -0.932. The third-order valence-corrected chi connectivity index (χ3v) is 3.79. The van der Waals surface area contributed by atoms with Crippen LogP contribution < -0.4 is 0 Å². The van der Waals surface area contributed by atoms with Crippen molar-refractivity contribution in [3.05, 3.63) is 11.6 Å². The van der Waals surface area contributed by atoms with E-state index in [-0.39, 0.29) is 6.29 Å². The fourth-order valence-electron chi connectivity index (χ4n) is 2.55. The molecule has 24 heavy (non-hydrogen) atoms. The zero-order valence-electron chi connectivity index (χ0n) is 16.0. The Morgan fingerprint density at radius 2 is 1.58 bits per heavy atom. The van der Waals surface area contributed by atoms with Crippen molar-refractivity contribution in [1.29, 1.82) is 0 Å². The summed E-state index contributed by atoms with van der Waals surface area (Å²) in [6, 6.07) is 0. The molecule has 0 aromatic rings. The topological polar surface area (TPSA) is 65.0 Å². The predicted molar refractivity (Wildman–Crippen MR) is 95.9 cm³/mol. The number of carbonyl (C=O) groups is 1. The largest absolute Gasteiger partial charge is 0.478 e. The molecular weight excluding hydrogens is 308 g/mol. The molecule has 0 amide bonds. The summed E-state index contributed by atoms with van der Waals surface area (Å²) in [5, 5.41) is 9.38. The second kappa shape index (κ2) is 14.4. The Labute approximate surface area is 147 Å². The minimum Gasteiger partial charge on any atom is -0.478 e. The first kappa shape index (κ1) is 23.1. The highest BCUT2D eigenvalue weighted by Gasteiger charge is 2.20. The number of carboxylic acid groups (broad SMARTS) is 1. The van der Waals surface area contributed by atoms with E-state index in [4.69, 9.17) is 14.2 Å². The first-order chi connectivity index (χ1) is 11.4. The van der Waals surface area contributed by atoms with E-state index in [1.54, 1.807) is 26.8 Å². The van der Waals surface area contributed by atoms with Crippen LogP contribution in [0.2, 0.25) is 0 Å². The average molecular weight is 344 g/mol. The standard InChI is InChI=1S/C19H36O5/c1-6-8-9-10-11-12-13-14-18(19(20)21)15(3)23-17(5)24-16(4)22-7-2/h14-17H,6-13H2,1-5H3,(H,20,21). The maximum atomic E-state index is 11.4. The lowest BCUT2D eigenvalue weighted by Crippen LogP contribution is -2.28. The molecule has 3 unspecified atom stereocenters. The predicted octanol–water partition coefficient (Wildman–Crippen LogP) is 4.90. The molecule has 1 N–H and O–H groups in total. The van der Waals surface area contributed by atoms with Crippen LogP contribution in [-0.4, -0.2) is 36.4 Å². The molecule has 5 nitrogen and oxygen atoms in total. The maximum Gasteiger partial charge on any atom is 0.333 e. The lowest BCUT2D eigenvalue weighted by Gasteiger charge is -2.23. The van der Waals surface area contributed by atoms with Crippen molar-refractivity contribution < 1.29 is 24.1 Å². The summed E-state index contributed by atoms with van der Waals surface area (Å²) >= 11 is 0. The molecule has 0 aliphatic carbocycles. The van der Waals surface area contributed by atoms with Gasteiger partial charge in [-0.2, -0.15) is 0 Å². The molecule has 0 saturated heterocycles. The first-order valence-electron chi connectivity index (χ1n) is 9.28. The van der Waals surface area contributed by atoms with Crippen molar-refractivity contribution in [2.75, 3.05) is 6.61 Å². The van der Waals surface area contributed by atoms with Gasteiger partial charge in [0.1, 0.15) is 0 Å². The van der Waals surface area contributed by atoms with Crippen molar-refractivity contribution in [1.82, 2.24) is 0 Å². The fourth-order valence-corrected chi connectivity index (χ4v) is 2.55. The van der Waals surface area contributed by atoms with Crippen LogP contribution in [0.1, 0.15) is 79.6 Å². The van der Waals surface area contributed by atoms with E-state index in [1.165, 1.54) is 25.7 Å². The van der Waals surface area contributed by atoms with Gasteiger partial charge < -0.3 is 19.3 Å². The smallest absolute Gasteiger partial charge is 0.333 e. The highest BCUT2D eigenvalue weighted by atomic mass is 16.8. The number of allylic oxidation sites excluding steroid dienone is 1. The van der Waals surface area contributed by atoms with Gasteiger partial charge >= 0.3 is 5.97 Å². The van der Waals surface area contributed by atoms with Crippen LogP contribution in [0.3, 0.4) is 0 Å². The van der Waals surface area contributed by atoms with Crippen LogP contribution in [-0.2, 0) is 19.0 Å². The minimum absolute atomic E-state index is 0.295. The van der Waals surface area contributed by atoms with E-state index < -0.39 is 18.4 Å². The van der Waals surface area contributed by atoms with Crippen LogP contribution in [0.5, 0.6) is 0 Å². The first-order valence-corrected chi connectivity index (χ1v) is 9.28. The molecule has 0 aliphatic rings. The lowest BCUT2D eigenvalue weighted by atomic mass is 10.1. The summed E-state index contributed by atoms with van der Waals surface area (Å²) in [5.41, 5.74) is 0.295. The summed E-state index contributed by atoms with van der Waals surface area (Å²) in [4.78, 5) is 11.4. The third kappa shape index (κ3) is 11.6. The number of hydrogen-bond donors (Lipinski definition) is 1. The SMILES string of the molecule is CCCCCCCCC=C(C(=O)O)C(C)OC(C)OC(C)OCC. The van der Waals surface area contributed by atoms with Crippen molar-refractivity contribution in [3.63, 3.8) is 0 Å². The van der Waals surface area contributed by atoms with Crippen LogP contribution in [0.15, 0.2) is 11.6 Å². The molecule has 0 aromatic heterocycles. The van der Waals surface area contributed by atoms with Gasteiger partial charge in [0.25, 0.3) is 0 Å². The zero-order valence-corrected chi connectivity index (χ0v) is 16.0. The Bertz CT molecular complexity index is 354. The van der Waals surface area contributed by atoms with Gasteiger partial charge in [-0.1, -0.05) is 45.1 Å². The number of unbranched alkanes of at least 4 members (excludes halogenated alkanes) is 6. The van der Waals surface area contributed by atoms with Gasteiger partial charge in [-0.25, -0.2) is 4.79 Å². The van der Waals surface area contributed by atoms with Gasteiger partial charge in [-0.05, 0) is 40.5 Å². The van der Waals surface area contributed by atoms with Crippen molar-refractivity contribution in [2.45, 2.75) is 98.2 Å². The van der Waals surface area contributed by atoms with Crippen LogP contribution in [0.25, 0.3) is 0 Å². The van der Waals surface area contributed by atoms with Crippen molar-refractivity contribution in [2.24, 2.45) is 0 Å². The molecule has 5 heteroatoms. The molecule has 142 valence electrons. The molecule has 0 radical (unpaired) electrons. The van der Waals surface area contributed by atoms with E-state index in [0.717, 1.165) is 19.3 Å². The lowest BCUT2D eigenvalue weighted by molar-refractivity contribution is -0.237. The van der Waals surface area contributed by atoms with Gasteiger partial charge in [-0.3, -0.25) is 0 Å². The Hall–Kier alpha value is -0.910. The quantitative estimate of drug-likeness (QED) is 0.260. The number of aliphatic carboxylic acids is 1. The summed E-state index contributed by atoms with van der Waals surface area (Å²) in [6.45, 7) is 9.93. The fraction of sp³-hybridized carbons (Fsp3) is 0.842. The third-order valence-electron chi connectivity index (χ3n) is 3.79. The molecular formula is C19H36O5. The maximum absolute atomic E-state index is 11.4. The Morgan fingerprint density at radius 3 is 2.17 bits per heavy atom. The van der Waals surface area contributed by atoms with Crippen LogP contribution in [0.4, 0.5) is 0 Å². The van der Waals surface area contributed by atoms with Gasteiger partial charge in [0.15, 0.2) is 12.6 Å². The summed E-state index contributed by atoms with van der Waals surface area (Å²) in [6.07, 6.45) is 8.28. The molecule has 0 saturated carbocycles. The number of ether oxygens (including phenoxy) is 3. The molecule has 0 rings (SSSR count). The van der Waals surface area contributed by atoms with Crippen LogP contribution in [0, 0.1) is 0 Å². The van der Waals surface area contributed by atoms with Crippen LogP contribution >= 0.6 is 0 Å². The van der Waals surface area contributed by atoms with Crippen molar-refractivity contribution >= 4 is 5.97 Å². The highest BCUT2D eigenvalue weighted by molar-refractivity contribution is 5.87. The molecule has 3 atom stereocenters. The van der Waals surface area contributed by atoms with E-state index in [9.17, 15) is 9.90 Å². The van der Waals surface area contributed by atoms with E-state index in [2.05, 4.69) is 6.92 Å². The molecule has 0 aliphatic heterocycles. The zero-order chi connectivity index (χ0) is 18.4. The van der Waals surface area contributed by atoms with E-state index in [0.29, 0.717) is 12.2 Å². The molecule has 0 bridgehead atoms.